The molecule has 1 heterocycles. The summed E-state index contributed by atoms with van der Waals surface area (Å²) in [6.45, 7) is 5.13. The Morgan fingerprint density at radius 1 is 1.44 bits per heavy atom. The molecular weight excluding hydrogens is 210 g/mol. The Bertz CT molecular complexity index is 394. The second-order valence-electron chi connectivity index (χ2n) is 3.92. The summed E-state index contributed by atoms with van der Waals surface area (Å²) >= 11 is 0. The molecular formula is C11H15NO4. The van der Waals surface area contributed by atoms with Crippen molar-refractivity contribution in [3.63, 3.8) is 0 Å². The van der Waals surface area contributed by atoms with Crippen molar-refractivity contribution in [2.45, 2.75) is 26.8 Å². The first-order valence-corrected chi connectivity index (χ1v) is 5.01. The Kier molecular flexibility index (Phi) is 3.71. The van der Waals surface area contributed by atoms with Crippen LogP contribution < -0.4 is 5.32 Å². The summed E-state index contributed by atoms with van der Waals surface area (Å²) in [5.41, 5.74) is 0.367. The van der Waals surface area contributed by atoms with Crippen molar-refractivity contribution in [1.82, 2.24) is 5.32 Å². The summed E-state index contributed by atoms with van der Waals surface area (Å²) < 4.78 is 4.98. The van der Waals surface area contributed by atoms with E-state index in [0.717, 1.165) is 0 Å². The molecule has 0 fully saturated rings. The fraction of sp³-hybridized carbons (Fsp3) is 0.455. The Balaban J connectivity index is 2.77. The van der Waals surface area contributed by atoms with Crippen LogP contribution in [0.5, 0.6) is 0 Å². The van der Waals surface area contributed by atoms with E-state index in [1.54, 1.807) is 20.8 Å². The van der Waals surface area contributed by atoms with Crippen molar-refractivity contribution in [2.75, 3.05) is 0 Å². The molecule has 5 nitrogen and oxygen atoms in total. The summed E-state index contributed by atoms with van der Waals surface area (Å²) in [6, 6.07) is 0.631. The van der Waals surface area contributed by atoms with Crippen LogP contribution >= 0.6 is 0 Å². The van der Waals surface area contributed by atoms with Crippen LogP contribution in [0, 0.1) is 12.8 Å². The number of aryl methyl sites for hydroxylation is 1. The van der Waals surface area contributed by atoms with Gasteiger partial charge in [0.1, 0.15) is 11.8 Å². The number of carbonyl (C=O) groups is 2. The number of carboxylic acids is 1. The molecule has 0 aliphatic heterocycles. The van der Waals surface area contributed by atoms with Crippen LogP contribution in [0.3, 0.4) is 0 Å². The molecule has 2 N–H and O–H groups in total. The molecule has 0 saturated carbocycles. The molecule has 0 aromatic carbocycles. The highest BCUT2D eigenvalue weighted by molar-refractivity contribution is 5.97. The van der Waals surface area contributed by atoms with Gasteiger partial charge in [0.25, 0.3) is 5.91 Å². The summed E-state index contributed by atoms with van der Waals surface area (Å²) in [5.74, 6) is -1.16. The third kappa shape index (κ3) is 2.62. The van der Waals surface area contributed by atoms with Crippen molar-refractivity contribution in [3.8, 4) is 0 Å². The quantitative estimate of drug-likeness (QED) is 0.812. The number of carbonyl (C=O) groups excluding carboxylic acids is 1. The minimum Gasteiger partial charge on any atom is -0.480 e. The smallest absolute Gasteiger partial charge is 0.326 e. The van der Waals surface area contributed by atoms with Crippen LogP contribution in [0.25, 0.3) is 0 Å². The van der Waals surface area contributed by atoms with Gasteiger partial charge in [0, 0.05) is 0 Å². The van der Waals surface area contributed by atoms with Gasteiger partial charge < -0.3 is 14.8 Å². The lowest BCUT2D eigenvalue weighted by molar-refractivity contribution is -0.140. The van der Waals surface area contributed by atoms with Gasteiger partial charge in [0.2, 0.25) is 0 Å². The van der Waals surface area contributed by atoms with E-state index in [-0.39, 0.29) is 5.92 Å². The summed E-state index contributed by atoms with van der Waals surface area (Å²) in [7, 11) is 0. The highest BCUT2D eigenvalue weighted by atomic mass is 16.4. The number of aliphatic carboxylic acids is 1. The minimum atomic E-state index is -1.04. The van der Waals surface area contributed by atoms with E-state index in [2.05, 4.69) is 5.32 Å². The third-order valence-electron chi connectivity index (χ3n) is 2.32. The average Bonchev–Trinajstić information content (AvgIpc) is 2.59. The van der Waals surface area contributed by atoms with Gasteiger partial charge in [-0.05, 0) is 18.9 Å². The summed E-state index contributed by atoms with van der Waals surface area (Å²) in [6.07, 6.45) is 1.40. The number of furan rings is 1. The highest BCUT2D eigenvalue weighted by Gasteiger charge is 2.24. The molecule has 0 saturated heterocycles. The lowest BCUT2D eigenvalue weighted by Gasteiger charge is -2.17. The molecule has 0 aliphatic rings. The van der Waals surface area contributed by atoms with E-state index in [0.29, 0.717) is 11.3 Å². The minimum absolute atomic E-state index is 0.173. The van der Waals surface area contributed by atoms with Crippen LogP contribution in [0.4, 0.5) is 0 Å². The van der Waals surface area contributed by atoms with Crippen molar-refractivity contribution < 1.29 is 19.1 Å². The molecule has 1 aromatic rings. The average molecular weight is 225 g/mol. The normalized spacial score (nSPS) is 12.5. The van der Waals surface area contributed by atoms with E-state index in [4.69, 9.17) is 9.52 Å². The van der Waals surface area contributed by atoms with Crippen LogP contribution in [0.1, 0.15) is 30.0 Å². The SMILES string of the molecule is Cc1occc1C(=O)NC(C(=O)O)C(C)C. The molecule has 1 aromatic heterocycles. The highest BCUT2D eigenvalue weighted by Crippen LogP contribution is 2.10. The third-order valence-corrected chi connectivity index (χ3v) is 2.32. The molecule has 0 spiro atoms. The molecule has 88 valence electrons. The molecule has 1 rings (SSSR count). The van der Waals surface area contributed by atoms with Crippen molar-refractivity contribution in [2.24, 2.45) is 5.92 Å². The number of hydrogen-bond acceptors (Lipinski definition) is 3. The van der Waals surface area contributed by atoms with Crippen LogP contribution in [0.2, 0.25) is 0 Å². The van der Waals surface area contributed by atoms with E-state index in [9.17, 15) is 9.59 Å². The zero-order valence-corrected chi connectivity index (χ0v) is 9.48. The van der Waals surface area contributed by atoms with Gasteiger partial charge in [-0.3, -0.25) is 4.79 Å². The predicted molar refractivity (Wildman–Crippen MR) is 57.2 cm³/mol. The largest absolute Gasteiger partial charge is 0.480 e. The van der Waals surface area contributed by atoms with Crippen LogP contribution in [0.15, 0.2) is 16.7 Å². The fourth-order valence-corrected chi connectivity index (χ4v) is 1.35. The van der Waals surface area contributed by atoms with Gasteiger partial charge >= 0.3 is 5.97 Å². The van der Waals surface area contributed by atoms with E-state index < -0.39 is 17.9 Å². The van der Waals surface area contributed by atoms with Gasteiger partial charge in [-0.15, -0.1) is 0 Å². The summed E-state index contributed by atoms with van der Waals surface area (Å²) in [4.78, 5) is 22.6. The summed E-state index contributed by atoms with van der Waals surface area (Å²) in [5, 5.41) is 11.4. The zero-order chi connectivity index (χ0) is 12.3. The van der Waals surface area contributed by atoms with E-state index in [1.807, 2.05) is 0 Å². The maximum Gasteiger partial charge on any atom is 0.326 e. The first kappa shape index (κ1) is 12.3. The number of hydrogen-bond donors (Lipinski definition) is 2. The molecule has 1 amide bonds. The van der Waals surface area contributed by atoms with Crippen molar-refractivity contribution >= 4 is 11.9 Å². The van der Waals surface area contributed by atoms with Crippen molar-refractivity contribution in [1.29, 1.82) is 0 Å². The Morgan fingerprint density at radius 2 is 2.06 bits per heavy atom. The molecule has 16 heavy (non-hydrogen) atoms. The molecule has 0 radical (unpaired) electrons. The Hall–Kier alpha value is -1.78. The molecule has 0 bridgehead atoms. The van der Waals surface area contributed by atoms with Gasteiger partial charge in [-0.25, -0.2) is 4.79 Å². The number of carboxylic acid groups (broad SMARTS) is 1. The lowest BCUT2D eigenvalue weighted by Crippen LogP contribution is -2.44. The molecule has 1 unspecified atom stereocenters. The van der Waals surface area contributed by atoms with Gasteiger partial charge in [-0.2, -0.15) is 0 Å². The second-order valence-corrected chi connectivity index (χ2v) is 3.92. The fourth-order valence-electron chi connectivity index (χ4n) is 1.35. The standard InChI is InChI=1S/C11H15NO4/c1-6(2)9(11(14)15)12-10(13)8-4-5-16-7(8)3/h4-6,9H,1-3H3,(H,12,13)(H,14,15). The maximum atomic E-state index is 11.7. The number of rotatable bonds is 4. The van der Waals surface area contributed by atoms with E-state index >= 15 is 0 Å². The molecule has 5 heteroatoms. The van der Waals surface area contributed by atoms with Gasteiger partial charge in [0.05, 0.1) is 11.8 Å². The van der Waals surface area contributed by atoms with Crippen LogP contribution in [-0.4, -0.2) is 23.0 Å². The van der Waals surface area contributed by atoms with Crippen LogP contribution in [-0.2, 0) is 4.79 Å². The Labute approximate surface area is 93.4 Å². The first-order valence-electron chi connectivity index (χ1n) is 5.01. The molecule has 0 aliphatic carbocycles. The Morgan fingerprint density at radius 3 is 2.44 bits per heavy atom. The monoisotopic (exact) mass is 225 g/mol. The number of amides is 1. The predicted octanol–water partition coefficient (Wildman–Crippen LogP) is 1.43. The first-order chi connectivity index (χ1) is 7.43. The van der Waals surface area contributed by atoms with Gasteiger partial charge in [0.15, 0.2) is 0 Å². The van der Waals surface area contributed by atoms with Crippen molar-refractivity contribution in [3.05, 3.63) is 23.7 Å². The lowest BCUT2D eigenvalue weighted by atomic mass is 10.0. The molecule has 1 atom stereocenters. The van der Waals surface area contributed by atoms with E-state index in [1.165, 1.54) is 12.3 Å². The zero-order valence-electron chi connectivity index (χ0n) is 9.48. The topological polar surface area (TPSA) is 79.5 Å². The maximum absolute atomic E-state index is 11.7. The number of nitrogens with one attached hydrogen (secondary N) is 1. The second kappa shape index (κ2) is 4.83. The van der Waals surface area contributed by atoms with Gasteiger partial charge in [-0.1, -0.05) is 13.8 Å².